The number of aryl methyl sites for hydroxylation is 1. The number of benzene rings is 2. The van der Waals surface area contributed by atoms with E-state index in [1.54, 1.807) is 17.7 Å². The Kier molecular flexibility index (Phi) is 5.19. The fraction of sp³-hybridized carbons (Fsp3) is 0.200. The van der Waals surface area contributed by atoms with Crippen molar-refractivity contribution >= 4 is 27.5 Å². The molecule has 1 aromatic heterocycles. The zero-order valence-electron chi connectivity index (χ0n) is 14.5. The second-order valence-electron chi connectivity index (χ2n) is 5.77. The van der Waals surface area contributed by atoms with Crippen LogP contribution in [-0.4, -0.2) is 17.6 Å². The molecule has 0 bridgehead atoms. The molecule has 0 unspecified atom stereocenters. The molecule has 1 heterocycles. The fourth-order valence-corrected chi connectivity index (χ4v) is 3.82. The number of fused-ring (bicyclic) bond motifs is 1. The van der Waals surface area contributed by atoms with Crippen LogP contribution in [-0.2, 0) is 17.8 Å². The first-order chi connectivity index (χ1) is 12.5. The Bertz CT molecular complexity index is 1090. The van der Waals surface area contributed by atoms with Gasteiger partial charge in [-0.25, -0.2) is 4.39 Å². The van der Waals surface area contributed by atoms with E-state index in [4.69, 9.17) is 11.2 Å². The summed E-state index contributed by atoms with van der Waals surface area (Å²) in [4.78, 5) is 17.1. The van der Waals surface area contributed by atoms with Gasteiger partial charge in [-0.2, -0.15) is 4.99 Å². The number of hydrogen-bond donors (Lipinski definition) is 0. The van der Waals surface area contributed by atoms with Crippen molar-refractivity contribution in [2.75, 3.05) is 7.11 Å². The van der Waals surface area contributed by atoms with E-state index in [0.29, 0.717) is 9.50 Å². The second kappa shape index (κ2) is 7.54. The van der Waals surface area contributed by atoms with Gasteiger partial charge in [-0.15, -0.1) is 6.42 Å². The highest BCUT2D eigenvalue weighted by Crippen LogP contribution is 2.20. The summed E-state index contributed by atoms with van der Waals surface area (Å²) in [6.07, 6.45) is 5.60. The molecule has 2 aromatic carbocycles. The molecule has 6 heteroatoms. The number of halogens is 1. The van der Waals surface area contributed by atoms with Crippen LogP contribution in [0.1, 0.15) is 11.1 Å². The van der Waals surface area contributed by atoms with Gasteiger partial charge in [-0.3, -0.25) is 4.79 Å². The summed E-state index contributed by atoms with van der Waals surface area (Å²) in [6, 6.07) is 10.0. The molecular formula is C20H17FN2O2S. The predicted molar refractivity (Wildman–Crippen MR) is 101 cm³/mol. The summed E-state index contributed by atoms with van der Waals surface area (Å²) in [5, 5.41) is 0. The van der Waals surface area contributed by atoms with E-state index >= 15 is 0 Å². The standard InChI is InChI=1S/C20H17FN2O2S/c1-4-9-23-16-7-6-15(21)12-18(16)26-20(23)22-19(24)11-14-5-8-17(25-3)13(2)10-14/h1,5-8,10,12H,9,11H2,2-3H3. The summed E-state index contributed by atoms with van der Waals surface area (Å²) in [6.45, 7) is 2.19. The molecule has 3 rings (SSSR count). The minimum absolute atomic E-state index is 0.170. The van der Waals surface area contributed by atoms with Gasteiger partial charge in [-0.1, -0.05) is 29.4 Å². The lowest BCUT2D eigenvalue weighted by Crippen LogP contribution is -2.17. The number of hydrogen-bond acceptors (Lipinski definition) is 3. The molecule has 0 spiro atoms. The fourth-order valence-electron chi connectivity index (χ4n) is 2.75. The summed E-state index contributed by atoms with van der Waals surface area (Å²) >= 11 is 1.25. The van der Waals surface area contributed by atoms with Crippen LogP contribution in [0.25, 0.3) is 10.2 Å². The molecule has 0 aliphatic carbocycles. The van der Waals surface area contributed by atoms with Crippen LogP contribution in [0.15, 0.2) is 41.4 Å². The average molecular weight is 368 g/mol. The third kappa shape index (κ3) is 3.68. The maximum atomic E-state index is 13.5. The minimum atomic E-state index is -0.335. The van der Waals surface area contributed by atoms with Gasteiger partial charge in [0.05, 0.1) is 30.3 Å². The highest BCUT2D eigenvalue weighted by molar-refractivity contribution is 7.16. The number of rotatable bonds is 4. The van der Waals surface area contributed by atoms with E-state index in [1.165, 1.54) is 23.5 Å². The van der Waals surface area contributed by atoms with Crippen molar-refractivity contribution in [3.8, 4) is 18.1 Å². The highest BCUT2D eigenvalue weighted by Gasteiger charge is 2.09. The van der Waals surface area contributed by atoms with Crippen LogP contribution in [0.2, 0.25) is 0 Å². The summed E-state index contributed by atoms with van der Waals surface area (Å²) in [5.74, 6) is 2.71. The van der Waals surface area contributed by atoms with Gasteiger partial charge in [0.2, 0.25) is 0 Å². The highest BCUT2D eigenvalue weighted by atomic mass is 32.1. The van der Waals surface area contributed by atoms with Crippen molar-refractivity contribution in [2.45, 2.75) is 19.9 Å². The van der Waals surface area contributed by atoms with Crippen molar-refractivity contribution < 1.29 is 13.9 Å². The third-order valence-electron chi connectivity index (χ3n) is 3.93. The maximum Gasteiger partial charge on any atom is 0.252 e. The molecule has 0 atom stereocenters. The molecular weight excluding hydrogens is 351 g/mol. The van der Waals surface area contributed by atoms with Gasteiger partial charge >= 0.3 is 0 Å². The Morgan fingerprint density at radius 1 is 1.35 bits per heavy atom. The van der Waals surface area contributed by atoms with Gasteiger partial charge in [0.25, 0.3) is 5.91 Å². The lowest BCUT2D eigenvalue weighted by atomic mass is 10.1. The molecule has 1 amide bonds. The van der Waals surface area contributed by atoms with Crippen LogP contribution < -0.4 is 9.54 Å². The van der Waals surface area contributed by atoms with Crippen LogP contribution in [0, 0.1) is 25.1 Å². The topological polar surface area (TPSA) is 43.6 Å². The number of carbonyl (C=O) groups is 1. The van der Waals surface area contributed by atoms with Crippen molar-refractivity contribution in [1.29, 1.82) is 0 Å². The van der Waals surface area contributed by atoms with Crippen LogP contribution >= 0.6 is 11.3 Å². The minimum Gasteiger partial charge on any atom is -0.496 e. The monoisotopic (exact) mass is 368 g/mol. The SMILES string of the molecule is C#CCn1c(=NC(=O)Cc2ccc(OC)c(C)c2)sc2cc(F)ccc21. The van der Waals surface area contributed by atoms with Crippen molar-refractivity contribution in [3.05, 3.63) is 58.1 Å². The lowest BCUT2D eigenvalue weighted by molar-refractivity contribution is -0.117. The van der Waals surface area contributed by atoms with Gasteiger partial charge < -0.3 is 9.30 Å². The number of amides is 1. The molecule has 0 aliphatic rings. The Hall–Kier alpha value is -2.91. The number of terminal acetylenes is 1. The first kappa shape index (κ1) is 17.9. The molecule has 0 saturated heterocycles. The zero-order chi connectivity index (χ0) is 18.7. The number of nitrogens with zero attached hydrogens (tertiary/aromatic N) is 2. The van der Waals surface area contributed by atoms with Crippen LogP contribution in [0.5, 0.6) is 5.75 Å². The van der Waals surface area contributed by atoms with E-state index in [2.05, 4.69) is 10.9 Å². The quantitative estimate of drug-likeness (QED) is 0.662. The van der Waals surface area contributed by atoms with Crippen molar-refractivity contribution in [1.82, 2.24) is 4.57 Å². The molecule has 0 N–H and O–H groups in total. The number of carbonyl (C=O) groups excluding carboxylic acids is 1. The normalized spacial score (nSPS) is 11.5. The van der Waals surface area contributed by atoms with E-state index in [0.717, 1.165) is 22.4 Å². The van der Waals surface area contributed by atoms with E-state index < -0.39 is 0 Å². The lowest BCUT2D eigenvalue weighted by Gasteiger charge is -2.06. The first-order valence-electron chi connectivity index (χ1n) is 7.95. The third-order valence-corrected chi connectivity index (χ3v) is 4.97. The average Bonchev–Trinajstić information content (AvgIpc) is 2.91. The van der Waals surface area contributed by atoms with Crippen molar-refractivity contribution in [2.24, 2.45) is 4.99 Å². The van der Waals surface area contributed by atoms with E-state index in [-0.39, 0.29) is 24.7 Å². The van der Waals surface area contributed by atoms with Crippen molar-refractivity contribution in [3.63, 3.8) is 0 Å². The van der Waals surface area contributed by atoms with Crippen LogP contribution in [0.3, 0.4) is 0 Å². The smallest absolute Gasteiger partial charge is 0.252 e. The molecule has 0 aliphatic heterocycles. The number of ether oxygens (including phenoxy) is 1. The van der Waals surface area contributed by atoms with Gasteiger partial charge in [0.15, 0.2) is 4.80 Å². The number of thiazole rings is 1. The molecule has 0 radical (unpaired) electrons. The molecule has 132 valence electrons. The molecule has 4 nitrogen and oxygen atoms in total. The van der Waals surface area contributed by atoms with Crippen LogP contribution in [0.4, 0.5) is 4.39 Å². The number of methoxy groups -OCH3 is 1. The van der Waals surface area contributed by atoms with Gasteiger partial charge in [0.1, 0.15) is 11.6 Å². The van der Waals surface area contributed by atoms with Gasteiger partial charge in [0, 0.05) is 0 Å². The summed E-state index contributed by atoms with van der Waals surface area (Å²) in [5.41, 5.74) is 2.58. The Morgan fingerprint density at radius 2 is 2.15 bits per heavy atom. The molecule has 0 fully saturated rings. The maximum absolute atomic E-state index is 13.5. The van der Waals surface area contributed by atoms with E-state index in [9.17, 15) is 9.18 Å². The second-order valence-corrected chi connectivity index (χ2v) is 6.78. The first-order valence-corrected chi connectivity index (χ1v) is 8.77. The van der Waals surface area contributed by atoms with E-state index in [1.807, 2.05) is 25.1 Å². The Balaban J connectivity index is 1.96. The molecule has 0 saturated carbocycles. The Labute approximate surface area is 154 Å². The molecule has 3 aromatic rings. The molecule has 26 heavy (non-hydrogen) atoms. The summed E-state index contributed by atoms with van der Waals surface area (Å²) < 4.78 is 21.1. The largest absolute Gasteiger partial charge is 0.496 e. The predicted octanol–water partition coefficient (Wildman–Crippen LogP) is 3.46. The Morgan fingerprint density at radius 3 is 2.85 bits per heavy atom. The van der Waals surface area contributed by atoms with Gasteiger partial charge in [-0.05, 0) is 42.3 Å². The summed E-state index contributed by atoms with van der Waals surface area (Å²) in [7, 11) is 1.61. The zero-order valence-corrected chi connectivity index (χ0v) is 15.3. The number of aromatic nitrogens is 1.